The molecule has 0 unspecified atom stereocenters. The second kappa shape index (κ2) is 9.12. The highest BCUT2D eigenvalue weighted by Gasteiger charge is 2.21. The van der Waals surface area contributed by atoms with Crippen LogP contribution in [0.25, 0.3) is 0 Å². The SMILES string of the molecule is COc1cc(C)c(C(=O)NCc2ccccc2CN2CCCC2=O)cc1C(C)C. The van der Waals surface area contributed by atoms with Gasteiger partial charge in [-0.1, -0.05) is 38.1 Å². The van der Waals surface area contributed by atoms with Crippen LogP contribution in [0.3, 0.4) is 0 Å². The predicted molar refractivity (Wildman–Crippen MR) is 114 cm³/mol. The lowest BCUT2D eigenvalue weighted by atomic mass is 9.96. The Bertz CT molecular complexity index is 905. The van der Waals surface area contributed by atoms with Crippen LogP contribution in [-0.4, -0.2) is 30.4 Å². The Kier molecular flexibility index (Phi) is 6.57. The molecule has 0 radical (unpaired) electrons. The van der Waals surface area contributed by atoms with Gasteiger partial charge < -0.3 is 15.0 Å². The first-order chi connectivity index (χ1) is 13.9. The van der Waals surface area contributed by atoms with Crippen molar-refractivity contribution in [3.63, 3.8) is 0 Å². The second-order valence-corrected chi connectivity index (χ2v) is 7.93. The first-order valence-electron chi connectivity index (χ1n) is 10.2. The van der Waals surface area contributed by atoms with Gasteiger partial charge >= 0.3 is 0 Å². The second-order valence-electron chi connectivity index (χ2n) is 7.93. The summed E-state index contributed by atoms with van der Waals surface area (Å²) in [5.74, 6) is 1.18. The lowest BCUT2D eigenvalue weighted by Gasteiger charge is -2.19. The van der Waals surface area contributed by atoms with Crippen LogP contribution >= 0.6 is 0 Å². The Morgan fingerprint density at radius 1 is 1.21 bits per heavy atom. The number of rotatable bonds is 7. The number of methoxy groups -OCH3 is 1. The molecule has 1 aliphatic rings. The quantitative estimate of drug-likeness (QED) is 0.766. The number of ether oxygens (including phenoxy) is 1. The van der Waals surface area contributed by atoms with Crippen molar-refractivity contribution in [3.8, 4) is 5.75 Å². The Morgan fingerprint density at radius 2 is 1.93 bits per heavy atom. The zero-order valence-electron chi connectivity index (χ0n) is 17.7. The molecule has 1 aliphatic heterocycles. The van der Waals surface area contributed by atoms with Crippen LogP contribution in [0, 0.1) is 6.92 Å². The highest BCUT2D eigenvalue weighted by Crippen LogP contribution is 2.29. The maximum Gasteiger partial charge on any atom is 0.251 e. The zero-order chi connectivity index (χ0) is 21.0. The number of amides is 2. The number of carbonyl (C=O) groups is 2. The van der Waals surface area contributed by atoms with E-state index in [1.165, 1.54) is 0 Å². The Balaban J connectivity index is 1.75. The van der Waals surface area contributed by atoms with Crippen molar-refractivity contribution < 1.29 is 14.3 Å². The Labute approximate surface area is 173 Å². The molecule has 5 heteroatoms. The lowest BCUT2D eigenvalue weighted by Crippen LogP contribution is -2.27. The maximum atomic E-state index is 12.9. The van der Waals surface area contributed by atoms with E-state index >= 15 is 0 Å². The maximum absolute atomic E-state index is 12.9. The number of aryl methyl sites for hydroxylation is 1. The van der Waals surface area contributed by atoms with E-state index in [1.54, 1.807) is 7.11 Å². The number of hydrogen-bond donors (Lipinski definition) is 1. The Morgan fingerprint density at radius 3 is 2.55 bits per heavy atom. The highest BCUT2D eigenvalue weighted by molar-refractivity contribution is 5.96. The fraction of sp³-hybridized carbons (Fsp3) is 0.417. The minimum Gasteiger partial charge on any atom is -0.496 e. The molecule has 0 aromatic heterocycles. The van der Waals surface area contributed by atoms with Gasteiger partial charge in [-0.3, -0.25) is 9.59 Å². The summed E-state index contributed by atoms with van der Waals surface area (Å²) in [6.07, 6.45) is 1.56. The van der Waals surface area contributed by atoms with Gasteiger partial charge in [0.15, 0.2) is 0 Å². The number of hydrogen-bond acceptors (Lipinski definition) is 3. The van der Waals surface area contributed by atoms with E-state index in [1.807, 2.05) is 48.2 Å². The van der Waals surface area contributed by atoms with Crippen molar-refractivity contribution in [2.45, 2.75) is 52.6 Å². The van der Waals surface area contributed by atoms with Gasteiger partial charge in [0.1, 0.15) is 5.75 Å². The summed E-state index contributed by atoms with van der Waals surface area (Å²) in [6.45, 7) is 7.94. The van der Waals surface area contributed by atoms with Crippen molar-refractivity contribution >= 4 is 11.8 Å². The van der Waals surface area contributed by atoms with Crippen LogP contribution in [0.15, 0.2) is 36.4 Å². The summed E-state index contributed by atoms with van der Waals surface area (Å²) >= 11 is 0. The van der Waals surface area contributed by atoms with Crippen LogP contribution < -0.4 is 10.1 Å². The van der Waals surface area contributed by atoms with Gasteiger partial charge in [-0.25, -0.2) is 0 Å². The minimum atomic E-state index is -0.0981. The smallest absolute Gasteiger partial charge is 0.251 e. The summed E-state index contributed by atoms with van der Waals surface area (Å²) < 4.78 is 5.48. The lowest BCUT2D eigenvalue weighted by molar-refractivity contribution is -0.128. The summed E-state index contributed by atoms with van der Waals surface area (Å²) in [5.41, 5.74) is 4.70. The fourth-order valence-corrected chi connectivity index (χ4v) is 3.80. The molecule has 5 nitrogen and oxygen atoms in total. The van der Waals surface area contributed by atoms with E-state index in [4.69, 9.17) is 4.74 Å². The molecule has 154 valence electrons. The van der Waals surface area contributed by atoms with Gasteiger partial charge in [-0.05, 0) is 53.6 Å². The van der Waals surface area contributed by atoms with E-state index in [2.05, 4.69) is 19.2 Å². The molecule has 3 rings (SSSR count). The van der Waals surface area contributed by atoms with Crippen LogP contribution in [0.2, 0.25) is 0 Å². The third-order valence-corrected chi connectivity index (χ3v) is 5.53. The molecule has 29 heavy (non-hydrogen) atoms. The molecule has 0 spiro atoms. The van der Waals surface area contributed by atoms with Crippen molar-refractivity contribution in [2.75, 3.05) is 13.7 Å². The third kappa shape index (κ3) is 4.78. The van der Waals surface area contributed by atoms with E-state index in [0.717, 1.165) is 41.0 Å². The number of carbonyl (C=O) groups excluding carboxylic acids is 2. The number of likely N-dealkylation sites (tertiary alicyclic amines) is 1. The third-order valence-electron chi connectivity index (χ3n) is 5.53. The molecular formula is C24H30N2O3. The summed E-state index contributed by atoms with van der Waals surface area (Å²) in [6, 6.07) is 11.8. The van der Waals surface area contributed by atoms with Crippen LogP contribution in [0.4, 0.5) is 0 Å². The summed E-state index contributed by atoms with van der Waals surface area (Å²) in [7, 11) is 1.66. The van der Waals surface area contributed by atoms with Crippen molar-refractivity contribution in [1.82, 2.24) is 10.2 Å². The molecule has 1 N–H and O–H groups in total. The predicted octanol–water partition coefficient (Wildman–Crippen LogP) is 4.18. The van der Waals surface area contributed by atoms with E-state index < -0.39 is 0 Å². The van der Waals surface area contributed by atoms with E-state index in [9.17, 15) is 9.59 Å². The van der Waals surface area contributed by atoms with Crippen LogP contribution in [0.1, 0.15) is 65.2 Å². The fourth-order valence-electron chi connectivity index (χ4n) is 3.80. The average Bonchev–Trinajstić information content (AvgIpc) is 3.11. The van der Waals surface area contributed by atoms with Gasteiger partial charge in [0.25, 0.3) is 5.91 Å². The molecule has 0 atom stereocenters. The van der Waals surface area contributed by atoms with Crippen LogP contribution in [0.5, 0.6) is 5.75 Å². The van der Waals surface area contributed by atoms with Gasteiger partial charge in [0.2, 0.25) is 5.91 Å². The molecular weight excluding hydrogens is 364 g/mol. The van der Waals surface area contributed by atoms with Crippen molar-refractivity contribution in [1.29, 1.82) is 0 Å². The number of benzene rings is 2. The average molecular weight is 395 g/mol. The van der Waals surface area contributed by atoms with Gasteiger partial charge in [0, 0.05) is 31.6 Å². The number of nitrogens with one attached hydrogen (secondary N) is 1. The minimum absolute atomic E-state index is 0.0981. The normalized spacial score (nSPS) is 13.8. The molecule has 2 amide bonds. The highest BCUT2D eigenvalue weighted by atomic mass is 16.5. The van der Waals surface area contributed by atoms with Crippen molar-refractivity contribution in [3.05, 3.63) is 64.2 Å². The van der Waals surface area contributed by atoms with E-state index in [0.29, 0.717) is 25.1 Å². The van der Waals surface area contributed by atoms with Crippen LogP contribution in [-0.2, 0) is 17.9 Å². The largest absolute Gasteiger partial charge is 0.496 e. The zero-order valence-corrected chi connectivity index (χ0v) is 17.7. The summed E-state index contributed by atoms with van der Waals surface area (Å²) in [5, 5.41) is 3.05. The Hall–Kier alpha value is -2.82. The molecule has 0 saturated carbocycles. The molecule has 0 aliphatic carbocycles. The molecule has 0 bridgehead atoms. The first kappa shape index (κ1) is 20.9. The molecule has 1 heterocycles. The molecule has 2 aromatic rings. The monoisotopic (exact) mass is 394 g/mol. The van der Waals surface area contributed by atoms with E-state index in [-0.39, 0.29) is 17.7 Å². The van der Waals surface area contributed by atoms with Gasteiger partial charge in [-0.15, -0.1) is 0 Å². The topological polar surface area (TPSA) is 58.6 Å². The molecule has 1 saturated heterocycles. The standard InChI is InChI=1S/C24H30N2O3/c1-16(2)20-13-21(17(3)12-22(20)29-4)24(28)25-14-18-8-5-6-9-19(18)15-26-11-7-10-23(26)27/h5-6,8-9,12-13,16H,7,10-11,14-15H2,1-4H3,(H,25,28). The van der Waals surface area contributed by atoms with Gasteiger partial charge in [0.05, 0.1) is 7.11 Å². The summed E-state index contributed by atoms with van der Waals surface area (Å²) in [4.78, 5) is 26.8. The van der Waals surface area contributed by atoms with Gasteiger partial charge in [-0.2, -0.15) is 0 Å². The first-order valence-corrected chi connectivity index (χ1v) is 10.2. The molecule has 2 aromatic carbocycles. The molecule has 1 fully saturated rings. The number of nitrogens with zero attached hydrogens (tertiary/aromatic N) is 1. The van der Waals surface area contributed by atoms with Crippen molar-refractivity contribution in [2.24, 2.45) is 0 Å².